The van der Waals surface area contributed by atoms with Gasteiger partial charge in [-0.05, 0) is 6.07 Å². The Kier molecular flexibility index (Phi) is 2.48. The highest BCUT2D eigenvalue weighted by atomic mass is 19.1. The van der Waals surface area contributed by atoms with Gasteiger partial charge in [-0.2, -0.15) is 5.10 Å². The van der Waals surface area contributed by atoms with E-state index in [2.05, 4.69) is 10.2 Å². The molecule has 0 aliphatic carbocycles. The van der Waals surface area contributed by atoms with Crippen molar-refractivity contribution in [3.8, 4) is 17.0 Å². The Morgan fingerprint density at radius 2 is 2.16 bits per heavy atom. The Bertz CT molecular complexity index is 682. The summed E-state index contributed by atoms with van der Waals surface area (Å²) in [6, 6.07) is 1.92. The molecule has 3 rings (SSSR count). The van der Waals surface area contributed by atoms with Gasteiger partial charge in [-0.15, -0.1) is 0 Å². The van der Waals surface area contributed by atoms with Crippen molar-refractivity contribution in [2.75, 3.05) is 6.61 Å². The van der Waals surface area contributed by atoms with E-state index >= 15 is 0 Å². The summed E-state index contributed by atoms with van der Waals surface area (Å²) in [4.78, 5) is 10.8. The van der Waals surface area contributed by atoms with Crippen LogP contribution in [0.15, 0.2) is 12.1 Å². The molecule has 98 valence electrons. The molecule has 19 heavy (non-hydrogen) atoms. The van der Waals surface area contributed by atoms with Gasteiger partial charge in [0, 0.05) is 23.6 Å². The van der Waals surface area contributed by atoms with Crippen molar-refractivity contribution in [1.82, 2.24) is 10.2 Å². The van der Waals surface area contributed by atoms with Gasteiger partial charge in [-0.3, -0.25) is 5.10 Å². The van der Waals surface area contributed by atoms with Crippen molar-refractivity contribution in [1.29, 1.82) is 0 Å². The molecule has 1 aliphatic heterocycles. The summed E-state index contributed by atoms with van der Waals surface area (Å²) in [5.74, 6) is -2.74. The van der Waals surface area contributed by atoms with Crippen LogP contribution >= 0.6 is 0 Å². The van der Waals surface area contributed by atoms with E-state index in [1.807, 2.05) is 0 Å². The Hall–Kier alpha value is -2.44. The molecule has 0 spiro atoms. The van der Waals surface area contributed by atoms with Gasteiger partial charge in [-0.25, -0.2) is 13.6 Å². The number of aromatic carboxylic acids is 1. The normalized spacial score (nSPS) is 13.2. The number of aromatic amines is 1. The second-order valence-corrected chi connectivity index (χ2v) is 4.09. The number of hydrogen-bond acceptors (Lipinski definition) is 3. The van der Waals surface area contributed by atoms with Crippen molar-refractivity contribution in [2.24, 2.45) is 0 Å². The first kappa shape index (κ1) is 11.6. The molecule has 0 radical (unpaired) electrons. The van der Waals surface area contributed by atoms with E-state index < -0.39 is 17.6 Å². The highest BCUT2D eigenvalue weighted by molar-refractivity contribution is 5.87. The van der Waals surface area contributed by atoms with Gasteiger partial charge in [0.15, 0.2) is 11.6 Å². The molecule has 0 fully saturated rings. The van der Waals surface area contributed by atoms with Crippen molar-refractivity contribution < 1.29 is 23.4 Å². The van der Waals surface area contributed by atoms with E-state index in [0.717, 1.165) is 0 Å². The Labute approximate surface area is 105 Å². The maximum absolute atomic E-state index is 13.9. The fourth-order valence-corrected chi connectivity index (χ4v) is 2.14. The highest BCUT2D eigenvalue weighted by Gasteiger charge is 2.26. The van der Waals surface area contributed by atoms with Gasteiger partial charge in [0.05, 0.1) is 12.3 Å². The lowest BCUT2D eigenvalue weighted by Crippen LogP contribution is -1.95. The average Bonchev–Trinajstić information content (AvgIpc) is 2.97. The lowest BCUT2D eigenvalue weighted by atomic mass is 10.0. The van der Waals surface area contributed by atoms with Crippen molar-refractivity contribution in [3.63, 3.8) is 0 Å². The van der Waals surface area contributed by atoms with Crippen LogP contribution in [0.5, 0.6) is 5.75 Å². The first-order chi connectivity index (χ1) is 9.08. The monoisotopic (exact) mass is 266 g/mol. The Morgan fingerprint density at radius 3 is 2.84 bits per heavy atom. The summed E-state index contributed by atoms with van der Waals surface area (Å²) in [6.45, 7) is 0.263. The molecular formula is C12H8F2N2O3. The zero-order valence-electron chi connectivity index (χ0n) is 9.54. The molecule has 2 aromatic rings. The van der Waals surface area contributed by atoms with E-state index in [9.17, 15) is 13.6 Å². The number of nitrogens with zero attached hydrogens (tertiary/aromatic N) is 1. The first-order valence-corrected chi connectivity index (χ1v) is 5.50. The molecule has 0 saturated heterocycles. The van der Waals surface area contributed by atoms with E-state index in [4.69, 9.17) is 9.84 Å². The maximum Gasteiger partial charge on any atom is 0.353 e. The lowest BCUT2D eigenvalue weighted by molar-refractivity contribution is 0.0690. The smallest absolute Gasteiger partial charge is 0.353 e. The standard InChI is InChI=1S/C12H8F2N2O3/c13-6-3-7(14)11-5(1-2-19-11)10(6)8-4-9(12(17)18)16-15-8/h3-4H,1-2H2,(H,15,16)(H,17,18). The van der Waals surface area contributed by atoms with Gasteiger partial charge in [0.2, 0.25) is 0 Å². The summed E-state index contributed by atoms with van der Waals surface area (Å²) >= 11 is 0. The summed E-state index contributed by atoms with van der Waals surface area (Å²) in [7, 11) is 0. The van der Waals surface area contributed by atoms with Crippen molar-refractivity contribution in [2.45, 2.75) is 6.42 Å². The summed E-state index contributed by atoms with van der Waals surface area (Å²) < 4.78 is 32.5. The molecule has 1 aromatic carbocycles. The number of carboxylic acid groups (broad SMARTS) is 1. The van der Waals surface area contributed by atoms with Crippen LogP contribution in [0.4, 0.5) is 8.78 Å². The Balaban J connectivity index is 2.19. The number of fused-ring (bicyclic) bond motifs is 1. The van der Waals surface area contributed by atoms with Crippen molar-refractivity contribution in [3.05, 3.63) is 35.0 Å². The predicted octanol–water partition coefficient (Wildman–Crippen LogP) is 1.99. The summed E-state index contributed by atoms with van der Waals surface area (Å²) in [5.41, 5.74) is 0.418. The molecule has 0 amide bonds. The third kappa shape index (κ3) is 1.74. The van der Waals surface area contributed by atoms with Gasteiger partial charge < -0.3 is 9.84 Å². The molecule has 0 bridgehead atoms. The molecule has 7 heteroatoms. The number of benzene rings is 1. The van der Waals surface area contributed by atoms with E-state index in [0.29, 0.717) is 18.1 Å². The number of halogens is 2. The summed E-state index contributed by atoms with van der Waals surface area (Å²) in [6.07, 6.45) is 0.356. The third-order valence-electron chi connectivity index (χ3n) is 2.95. The number of H-pyrrole nitrogens is 1. The minimum Gasteiger partial charge on any atom is -0.490 e. The molecule has 2 N–H and O–H groups in total. The number of hydrogen-bond donors (Lipinski definition) is 2. The fourth-order valence-electron chi connectivity index (χ4n) is 2.14. The number of carbonyl (C=O) groups is 1. The molecule has 5 nitrogen and oxygen atoms in total. The minimum absolute atomic E-state index is 0.0104. The van der Waals surface area contributed by atoms with Crippen LogP contribution in [-0.4, -0.2) is 27.9 Å². The largest absolute Gasteiger partial charge is 0.490 e. The van der Waals surface area contributed by atoms with Crippen LogP contribution in [0.2, 0.25) is 0 Å². The van der Waals surface area contributed by atoms with Gasteiger partial charge in [0.1, 0.15) is 11.5 Å². The number of aromatic nitrogens is 2. The predicted molar refractivity (Wildman–Crippen MR) is 60.1 cm³/mol. The molecule has 1 aromatic heterocycles. The second kappa shape index (κ2) is 4.04. The quantitative estimate of drug-likeness (QED) is 0.871. The first-order valence-electron chi connectivity index (χ1n) is 5.50. The van der Waals surface area contributed by atoms with Crippen LogP contribution in [0, 0.1) is 11.6 Å². The molecule has 1 aliphatic rings. The van der Waals surface area contributed by atoms with E-state index in [-0.39, 0.29) is 29.3 Å². The van der Waals surface area contributed by atoms with Crippen molar-refractivity contribution >= 4 is 5.97 Å². The molecule has 0 atom stereocenters. The number of ether oxygens (including phenoxy) is 1. The third-order valence-corrected chi connectivity index (χ3v) is 2.95. The van der Waals surface area contributed by atoms with Crippen LogP contribution < -0.4 is 4.74 Å². The molecule has 0 unspecified atom stereocenters. The van der Waals surface area contributed by atoms with Crippen LogP contribution in [0.1, 0.15) is 16.1 Å². The zero-order valence-corrected chi connectivity index (χ0v) is 9.54. The number of nitrogens with one attached hydrogen (secondary N) is 1. The number of rotatable bonds is 2. The van der Waals surface area contributed by atoms with Gasteiger partial charge >= 0.3 is 5.97 Å². The van der Waals surface area contributed by atoms with E-state index in [1.54, 1.807) is 0 Å². The SMILES string of the molecule is O=C(O)c1cc(-c2c(F)cc(F)c3c2CCO3)n[nH]1. The molecule has 2 heterocycles. The minimum atomic E-state index is -1.20. The molecule has 0 saturated carbocycles. The molecular weight excluding hydrogens is 258 g/mol. The van der Waals surface area contributed by atoms with E-state index in [1.165, 1.54) is 6.07 Å². The zero-order chi connectivity index (χ0) is 13.6. The fraction of sp³-hybridized carbons (Fsp3) is 0.167. The van der Waals surface area contributed by atoms with Crippen LogP contribution in [0.3, 0.4) is 0 Å². The topological polar surface area (TPSA) is 75.2 Å². The van der Waals surface area contributed by atoms with Crippen LogP contribution in [-0.2, 0) is 6.42 Å². The maximum atomic E-state index is 13.9. The summed E-state index contributed by atoms with van der Waals surface area (Å²) in [5, 5.41) is 14.8. The lowest BCUT2D eigenvalue weighted by Gasteiger charge is -2.07. The highest BCUT2D eigenvalue weighted by Crippen LogP contribution is 2.38. The Morgan fingerprint density at radius 1 is 1.37 bits per heavy atom. The number of carboxylic acids is 1. The van der Waals surface area contributed by atoms with Gasteiger partial charge in [0.25, 0.3) is 0 Å². The second-order valence-electron chi connectivity index (χ2n) is 4.09. The average molecular weight is 266 g/mol. The van der Waals surface area contributed by atoms with Crippen LogP contribution in [0.25, 0.3) is 11.3 Å². The van der Waals surface area contributed by atoms with Gasteiger partial charge in [-0.1, -0.05) is 0 Å².